The van der Waals surface area contributed by atoms with Gasteiger partial charge in [-0.15, -0.1) is 0 Å². The maximum atomic E-state index is 12.5. The molecule has 0 bridgehead atoms. The molecule has 0 spiro atoms. The highest BCUT2D eigenvalue weighted by Crippen LogP contribution is 2.24. The van der Waals surface area contributed by atoms with Gasteiger partial charge in [-0.05, 0) is 36.8 Å². The molecule has 1 aromatic carbocycles. The quantitative estimate of drug-likeness (QED) is 0.893. The Morgan fingerprint density at radius 1 is 1.22 bits per heavy atom. The summed E-state index contributed by atoms with van der Waals surface area (Å²) in [4.78, 5) is 18.5. The molecular weight excluding hydrogens is 358 g/mol. The number of carbonyl (C=O) groups is 1. The maximum absolute atomic E-state index is 12.5. The lowest BCUT2D eigenvalue weighted by Gasteiger charge is -2.26. The molecule has 0 saturated carbocycles. The summed E-state index contributed by atoms with van der Waals surface area (Å²) in [6, 6.07) is 9.69. The third-order valence-electron chi connectivity index (χ3n) is 3.74. The summed E-state index contributed by atoms with van der Waals surface area (Å²) in [5.41, 5.74) is 3.42. The fraction of sp³-hybridized carbons (Fsp3) is 0.294. The Balaban J connectivity index is 1.76. The first-order valence-corrected chi connectivity index (χ1v) is 8.29. The van der Waals surface area contributed by atoms with Crippen molar-refractivity contribution in [3.05, 3.63) is 52.3 Å². The van der Waals surface area contributed by atoms with Crippen LogP contribution in [0.1, 0.15) is 16.1 Å². The molecule has 5 nitrogen and oxygen atoms in total. The molecule has 2 aromatic rings. The van der Waals surface area contributed by atoms with Crippen LogP contribution in [0.5, 0.6) is 0 Å². The van der Waals surface area contributed by atoms with Crippen molar-refractivity contribution < 1.29 is 9.53 Å². The van der Waals surface area contributed by atoms with Crippen molar-refractivity contribution in [2.75, 3.05) is 31.6 Å². The second kappa shape index (κ2) is 7.10. The zero-order valence-corrected chi connectivity index (χ0v) is 14.5. The van der Waals surface area contributed by atoms with Crippen LogP contribution in [0.4, 0.5) is 11.4 Å². The van der Waals surface area contributed by atoms with Gasteiger partial charge < -0.3 is 15.0 Å². The average molecular weight is 376 g/mol. The second-order valence-electron chi connectivity index (χ2n) is 5.42. The minimum atomic E-state index is -0.0537. The number of pyridine rings is 1. The molecule has 0 atom stereocenters. The average Bonchev–Trinajstić information content (AvgIpc) is 2.58. The predicted octanol–water partition coefficient (Wildman–Crippen LogP) is 3.37. The van der Waals surface area contributed by atoms with Crippen molar-refractivity contribution >= 4 is 33.2 Å². The molecule has 23 heavy (non-hydrogen) atoms. The molecule has 1 fully saturated rings. The van der Waals surface area contributed by atoms with Crippen molar-refractivity contribution in [3.63, 3.8) is 0 Å². The fourth-order valence-corrected chi connectivity index (χ4v) is 2.77. The van der Waals surface area contributed by atoms with E-state index in [9.17, 15) is 4.79 Å². The Bertz CT molecular complexity index is 715. The minimum absolute atomic E-state index is 0.0537. The Kier molecular flexibility index (Phi) is 4.93. The number of hydrogen-bond donors (Lipinski definition) is 1. The smallest absolute Gasteiger partial charge is 0.272 e. The fourth-order valence-electron chi connectivity index (χ4n) is 2.39. The predicted molar refractivity (Wildman–Crippen MR) is 93.1 cm³/mol. The van der Waals surface area contributed by atoms with E-state index >= 15 is 0 Å². The standard InChI is InChI=1S/C17H18BrN3O2/c1-12-2-3-13(10-15(12)18)20-14-4-5-19-16(11-14)17(22)21-6-8-23-9-7-21/h2-5,10-11H,6-9H2,1H3,(H,19,20). The van der Waals surface area contributed by atoms with Gasteiger partial charge in [-0.1, -0.05) is 22.0 Å². The zero-order chi connectivity index (χ0) is 16.2. The summed E-state index contributed by atoms with van der Waals surface area (Å²) in [5.74, 6) is -0.0537. The first kappa shape index (κ1) is 16.0. The van der Waals surface area contributed by atoms with Gasteiger partial charge in [-0.25, -0.2) is 0 Å². The lowest BCUT2D eigenvalue weighted by molar-refractivity contribution is 0.0299. The van der Waals surface area contributed by atoms with Gasteiger partial charge >= 0.3 is 0 Å². The van der Waals surface area contributed by atoms with Gasteiger partial charge in [-0.2, -0.15) is 0 Å². The zero-order valence-electron chi connectivity index (χ0n) is 12.9. The molecule has 1 aliphatic heterocycles. The molecule has 1 N–H and O–H groups in total. The third kappa shape index (κ3) is 3.89. The summed E-state index contributed by atoms with van der Waals surface area (Å²) in [6.45, 7) is 4.44. The Morgan fingerprint density at radius 2 is 1.96 bits per heavy atom. The molecule has 120 valence electrons. The number of aryl methyl sites for hydroxylation is 1. The van der Waals surface area contributed by atoms with Crippen LogP contribution in [0.2, 0.25) is 0 Å². The van der Waals surface area contributed by atoms with E-state index in [1.807, 2.05) is 31.2 Å². The molecule has 0 aliphatic carbocycles. The van der Waals surface area contributed by atoms with Gasteiger partial charge in [-0.3, -0.25) is 9.78 Å². The van der Waals surface area contributed by atoms with E-state index in [1.165, 1.54) is 5.56 Å². The summed E-state index contributed by atoms with van der Waals surface area (Å²) in [7, 11) is 0. The number of anilines is 2. The summed E-state index contributed by atoms with van der Waals surface area (Å²) in [5, 5.41) is 3.30. The molecular formula is C17H18BrN3O2. The first-order valence-electron chi connectivity index (χ1n) is 7.50. The lowest BCUT2D eigenvalue weighted by Crippen LogP contribution is -2.41. The molecule has 3 rings (SSSR count). The van der Waals surface area contributed by atoms with Crippen molar-refractivity contribution in [1.82, 2.24) is 9.88 Å². The van der Waals surface area contributed by atoms with Crippen LogP contribution in [-0.4, -0.2) is 42.1 Å². The Hall–Kier alpha value is -1.92. The van der Waals surface area contributed by atoms with Crippen molar-refractivity contribution in [2.45, 2.75) is 6.92 Å². The molecule has 1 aliphatic rings. The van der Waals surface area contributed by atoms with Gasteiger partial charge in [0.25, 0.3) is 5.91 Å². The summed E-state index contributed by atoms with van der Waals surface area (Å²) in [6.07, 6.45) is 1.65. The van der Waals surface area contributed by atoms with Crippen molar-refractivity contribution in [2.24, 2.45) is 0 Å². The van der Waals surface area contributed by atoms with Crippen LogP contribution in [0.3, 0.4) is 0 Å². The van der Waals surface area contributed by atoms with Crippen LogP contribution in [0.15, 0.2) is 41.0 Å². The van der Waals surface area contributed by atoms with Crippen molar-refractivity contribution in [3.8, 4) is 0 Å². The van der Waals surface area contributed by atoms with E-state index in [1.54, 1.807) is 17.2 Å². The molecule has 1 amide bonds. The van der Waals surface area contributed by atoms with Gasteiger partial charge in [0, 0.05) is 35.1 Å². The number of aromatic nitrogens is 1. The number of hydrogen-bond acceptors (Lipinski definition) is 4. The summed E-state index contributed by atoms with van der Waals surface area (Å²) < 4.78 is 6.32. The highest BCUT2D eigenvalue weighted by molar-refractivity contribution is 9.10. The number of carbonyl (C=O) groups excluding carboxylic acids is 1. The minimum Gasteiger partial charge on any atom is -0.378 e. The van der Waals surface area contributed by atoms with Gasteiger partial charge in [0.1, 0.15) is 5.69 Å². The number of amides is 1. The second-order valence-corrected chi connectivity index (χ2v) is 6.28. The molecule has 0 unspecified atom stereocenters. The number of ether oxygens (including phenoxy) is 1. The van der Waals surface area contributed by atoms with Crippen LogP contribution in [0.25, 0.3) is 0 Å². The van der Waals surface area contributed by atoms with E-state index < -0.39 is 0 Å². The number of nitrogens with zero attached hydrogens (tertiary/aromatic N) is 2. The number of benzene rings is 1. The van der Waals surface area contributed by atoms with Gasteiger partial charge in [0.2, 0.25) is 0 Å². The topological polar surface area (TPSA) is 54.5 Å². The maximum Gasteiger partial charge on any atom is 0.272 e. The van der Waals surface area contributed by atoms with Gasteiger partial charge in [0.05, 0.1) is 13.2 Å². The summed E-state index contributed by atoms with van der Waals surface area (Å²) >= 11 is 3.52. The SMILES string of the molecule is Cc1ccc(Nc2ccnc(C(=O)N3CCOCC3)c2)cc1Br. The van der Waals surface area contributed by atoms with Crippen molar-refractivity contribution in [1.29, 1.82) is 0 Å². The Morgan fingerprint density at radius 3 is 2.70 bits per heavy atom. The van der Waals surface area contributed by atoms with E-state index in [0.29, 0.717) is 32.0 Å². The normalized spacial score (nSPS) is 14.6. The molecule has 0 radical (unpaired) electrons. The van der Waals surface area contributed by atoms with E-state index in [0.717, 1.165) is 15.8 Å². The van der Waals surface area contributed by atoms with Crippen LogP contribution >= 0.6 is 15.9 Å². The Labute approximate surface area is 143 Å². The molecule has 6 heteroatoms. The van der Waals surface area contributed by atoms with E-state index in [4.69, 9.17) is 4.74 Å². The van der Waals surface area contributed by atoms with Gasteiger partial charge in [0.15, 0.2) is 0 Å². The monoisotopic (exact) mass is 375 g/mol. The largest absolute Gasteiger partial charge is 0.378 e. The van der Waals surface area contributed by atoms with Crippen LogP contribution in [-0.2, 0) is 4.74 Å². The first-order chi connectivity index (χ1) is 11.1. The molecule has 1 aromatic heterocycles. The highest BCUT2D eigenvalue weighted by Gasteiger charge is 2.19. The van der Waals surface area contributed by atoms with Crippen LogP contribution < -0.4 is 5.32 Å². The number of rotatable bonds is 3. The van der Waals surface area contributed by atoms with E-state index in [2.05, 4.69) is 26.2 Å². The molecule has 1 saturated heterocycles. The number of halogens is 1. The van der Waals surface area contributed by atoms with Crippen LogP contribution in [0, 0.1) is 6.92 Å². The number of nitrogens with one attached hydrogen (secondary N) is 1. The number of morpholine rings is 1. The van der Waals surface area contributed by atoms with E-state index in [-0.39, 0.29) is 5.91 Å². The third-order valence-corrected chi connectivity index (χ3v) is 4.59. The lowest BCUT2D eigenvalue weighted by atomic mass is 10.2. The molecule has 2 heterocycles. The highest BCUT2D eigenvalue weighted by atomic mass is 79.9.